The molecule has 0 bridgehead atoms. The van der Waals surface area contributed by atoms with Gasteiger partial charge in [-0.1, -0.05) is 164 Å². The summed E-state index contributed by atoms with van der Waals surface area (Å²) >= 11 is 0. The molecule has 0 saturated heterocycles. The highest BCUT2D eigenvalue weighted by Gasteiger charge is 2.19. The van der Waals surface area contributed by atoms with Crippen molar-refractivity contribution >= 4 is 54.3 Å². The van der Waals surface area contributed by atoms with Crippen molar-refractivity contribution in [1.29, 1.82) is 0 Å². The van der Waals surface area contributed by atoms with Gasteiger partial charge in [0.1, 0.15) is 11.2 Å². The Morgan fingerprint density at radius 2 is 0.855 bits per heavy atom. The van der Waals surface area contributed by atoms with Crippen molar-refractivity contribution in [1.82, 2.24) is 15.0 Å². The van der Waals surface area contributed by atoms with Crippen molar-refractivity contribution in [2.45, 2.75) is 0 Å². The molecule has 0 fully saturated rings. The summed E-state index contributed by atoms with van der Waals surface area (Å²) in [5.41, 5.74) is 6.43. The highest BCUT2D eigenvalue weighted by molar-refractivity contribution is 6.25. The lowest BCUT2D eigenvalue weighted by Crippen LogP contribution is -2.00. The summed E-state index contributed by atoms with van der Waals surface area (Å²) in [6, 6.07) is 51.4. The van der Waals surface area contributed by atoms with Crippen LogP contribution in [0.2, 0.25) is 0 Å². The second kappa shape index (κ2) is 12.6. The molecule has 11 rings (SSSR count). The van der Waals surface area contributed by atoms with Crippen LogP contribution in [-0.4, -0.2) is 15.0 Å². The zero-order valence-electron chi connectivity index (χ0n) is 34.3. The molecule has 9 aromatic carbocycles. The van der Waals surface area contributed by atoms with Crippen LogP contribution < -0.4 is 0 Å². The number of nitrogens with zero attached hydrogens (tertiary/aromatic N) is 3. The Kier molecular flexibility index (Phi) is 6.04. The molecule has 256 valence electrons. The Bertz CT molecular complexity index is 3490. The first-order valence-corrected chi connectivity index (χ1v) is 18.1. The zero-order valence-corrected chi connectivity index (χ0v) is 29.3. The Balaban J connectivity index is 1.03. The average molecular weight is 707 g/mol. The van der Waals surface area contributed by atoms with Crippen LogP contribution in [0.4, 0.5) is 0 Å². The Morgan fingerprint density at radius 1 is 0.345 bits per heavy atom. The standard InChI is InChI=1S/C51H31N3O/c1-3-12-32(13-4-1)33-22-24-35(25-23-33)50-52-49(34-14-5-2-6-15-34)53-51(54-50)44-21-11-20-43-46-31-37(27-29-47(46)55-48(43)44)36-26-28-42-40-18-8-7-16-38(40)39-17-9-10-19-41(39)45(42)30-36/h1-31H/i1D,3D,4D,12D,13D. The van der Waals surface area contributed by atoms with Crippen molar-refractivity contribution in [3.05, 3.63) is 188 Å². The average Bonchev–Trinajstić information content (AvgIpc) is 3.69. The van der Waals surface area contributed by atoms with Gasteiger partial charge in [-0.3, -0.25) is 0 Å². The molecule has 4 heteroatoms. The minimum atomic E-state index is -0.427. The molecule has 2 aromatic heterocycles. The van der Waals surface area contributed by atoms with Gasteiger partial charge in [-0.05, 0) is 78.8 Å². The highest BCUT2D eigenvalue weighted by Crippen LogP contribution is 2.40. The topological polar surface area (TPSA) is 51.8 Å². The third-order valence-corrected chi connectivity index (χ3v) is 10.4. The van der Waals surface area contributed by atoms with Crippen LogP contribution in [0.1, 0.15) is 6.85 Å². The maximum atomic E-state index is 8.46. The maximum absolute atomic E-state index is 8.46. The Morgan fingerprint density at radius 3 is 1.55 bits per heavy atom. The number of benzene rings is 9. The van der Waals surface area contributed by atoms with Crippen LogP contribution in [0.25, 0.3) is 111 Å². The lowest BCUT2D eigenvalue weighted by Gasteiger charge is -2.12. The van der Waals surface area contributed by atoms with Gasteiger partial charge in [0.05, 0.1) is 12.4 Å². The fraction of sp³-hybridized carbons (Fsp3) is 0. The summed E-state index contributed by atoms with van der Waals surface area (Å²) in [7, 11) is 0. The van der Waals surface area contributed by atoms with Gasteiger partial charge < -0.3 is 4.42 Å². The molecule has 4 nitrogen and oxygen atoms in total. The number of rotatable bonds is 5. The summed E-state index contributed by atoms with van der Waals surface area (Å²) in [5, 5.41) is 9.31. The number of hydrogen-bond donors (Lipinski definition) is 0. The predicted octanol–water partition coefficient (Wildman–Crippen LogP) is 13.6. The zero-order chi connectivity index (χ0) is 40.6. The van der Waals surface area contributed by atoms with Gasteiger partial charge in [-0.25, -0.2) is 15.0 Å². The normalized spacial score (nSPS) is 12.9. The summed E-state index contributed by atoms with van der Waals surface area (Å²) < 4.78 is 47.8. The van der Waals surface area contributed by atoms with Crippen LogP contribution in [0, 0.1) is 0 Å². The van der Waals surface area contributed by atoms with Gasteiger partial charge in [-0.2, -0.15) is 0 Å². The number of para-hydroxylation sites is 1. The molecule has 0 N–H and O–H groups in total. The van der Waals surface area contributed by atoms with Crippen LogP contribution in [0.3, 0.4) is 0 Å². The second-order valence-electron chi connectivity index (χ2n) is 13.6. The van der Waals surface area contributed by atoms with E-state index in [0.717, 1.165) is 33.0 Å². The predicted molar refractivity (Wildman–Crippen MR) is 227 cm³/mol. The molecule has 0 spiro atoms. The van der Waals surface area contributed by atoms with Gasteiger partial charge >= 0.3 is 0 Å². The number of furan rings is 1. The largest absolute Gasteiger partial charge is 0.455 e. The lowest BCUT2D eigenvalue weighted by molar-refractivity contribution is 0.669. The van der Waals surface area contributed by atoms with Crippen LogP contribution >= 0.6 is 0 Å². The van der Waals surface area contributed by atoms with Gasteiger partial charge in [0.15, 0.2) is 17.5 Å². The van der Waals surface area contributed by atoms with Crippen LogP contribution in [-0.2, 0) is 0 Å². The monoisotopic (exact) mass is 706 g/mol. The minimum absolute atomic E-state index is 0.135. The fourth-order valence-corrected chi connectivity index (χ4v) is 7.76. The van der Waals surface area contributed by atoms with Crippen molar-refractivity contribution in [2.24, 2.45) is 0 Å². The summed E-state index contributed by atoms with van der Waals surface area (Å²) in [5.74, 6) is 1.34. The molecular formula is C51H31N3O. The number of hydrogen-bond acceptors (Lipinski definition) is 4. The van der Waals surface area contributed by atoms with Crippen molar-refractivity contribution in [2.75, 3.05) is 0 Å². The first kappa shape index (κ1) is 26.4. The quantitative estimate of drug-likeness (QED) is 0.167. The summed E-state index contributed by atoms with van der Waals surface area (Å²) in [4.78, 5) is 14.9. The molecule has 2 heterocycles. The Labute approximate surface area is 324 Å². The van der Waals surface area contributed by atoms with Crippen molar-refractivity contribution < 1.29 is 11.3 Å². The van der Waals surface area contributed by atoms with Crippen LogP contribution in [0.15, 0.2) is 192 Å². The molecule has 0 saturated carbocycles. The van der Waals surface area contributed by atoms with E-state index in [2.05, 4.69) is 84.9 Å². The van der Waals surface area contributed by atoms with Gasteiger partial charge in [0, 0.05) is 21.9 Å². The number of fused-ring (bicyclic) bond motifs is 9. The van der Waals surface area contributed by atoms with E-state index in [1.54, 1.807) is 24.3 Å². The molecule has 0 unspecified atom stereocenters. The fourth-order valence-electron chi connectivity index (χ4n) is 7.76. The van der Waals surface area contributed by atoms with E-state index in [1.807, 2.05) is 48.5 Å². The molecule has 11 aromatic rings. The first-order chi connectivity index (χ1) is 29.3. The SMILES string of the molecule is [2H]c1c([2H])c([2H])c(-c2ccc(-c3nc(-c4ccccc4)nc(-c4cccc5c4oc4ccc(-c6ccc7c8ccccc8c8ccccc8c7c6)cc45)n3)cc2)c([2H])c1[2H]. The van der Waals surface area contributed by atoms with Crippen molar-refractivity contribution in [3.8, 4) is 56.4 Å². The second-order valence-corrected chi connectivity index (χ2v) is 13.6. The van der Waals surface area contributed by atoms with E-state index in [4.69, 9.17) is 26.2 Å². The molecule has 0 amide bonds. The molecule has 0 aliphatic carbocycles. The van der Waals surface area contributed by atoms with E-state index < -0.39 is 6.04 Å². The smallest absolute Gasteiger partial charge is 0.167 e. The first-order valence-electron chi connectivity index (χ1n) is 20.6. The number of aromatic nitrogens is 3. The summed E-state index contributed by atoms with van der Waals surface area (Å²) in [6.45, 7) is 0. The minimum Gasteiger partial charge on any atom is -0.455 e. The molecule has 0 aliphatic heterocycles. The van der Waals surface area contributed by atoms with Crippen molar-refractivity contribution in [3.63, 3.8) is 0 Å². The van der Waals surface area contributed by atoms with Gasteiger partial charge in [0.2, 0.25) is 0 Å². The lowest BCUT2D eigenvalue weighted by atomic mass is 9.92. The van der Waals surface area contributed by atoms with E-state index in [9.17, 15) is 0 Å². The van der Waals surface area contributed by atoms with Gasteiger partial charge in [0.25, 0.3) is 0 Å². The van der Waals surface area contributed by atoms with Gasteiger partial charge in [-0.15, -0.1) is 0 Å². The molecule has 0 atom stereocenters. The third-order valence-electron chi connectivity index (χ3n) is 10.4. The molecule has 0 aliphatic rings. The van der Waals surface area contributed by atoms with E-state index >= 15 is 0 Å². The highest BCUT2D eigenvalue weighted by atomic mass is 16.3. The maximum Gasteiger partial charge on any atom is 0.167 e. The van der Waals surface area contributed by atoms with E-state index in [1.165, 1.54) is 32.3 Å². The van der Waals surface area contributed by atoms with Crippen LogP contribution in [0.5, 0.6) is 0 Å². The molecule has 0 radical (unpaired) electrons. The Hall–Kier alpha value is -7.43. The molecular weight excluding hydrogens is 671 g/mol. The summed E-state index contributed by atoms with van der Waals surface area (Å²) in [6.07, 6.45) is 0. The van der Waals surface area contributed by atoms with E-state index in [0.29, 0.717) is 39.7 Å². The third kappa shape index (κ3) is 5.26. The van der Waals surface area contributed by atoms with E-state index in [-0.39, 0.29) is 29.7 Å². The molecule has 55 heavy (non-hydrogen) atoms.